The SMILES string of the molecule is CCCN(CC)C(=O)c1ccc(NCc2ccc(Cl)cc2)cc1. The van der Waals surface area contributed by atoms with Crippen molar-refractivity contribution in [2.75, 3.05) is 18.4 Å². The quantitative estimate of drug-likeness (QED) is 0.789. The van der Waals surface area contributed by atoms with Crippen LogP contribution < -0.4 is 5.32 Å². The number of amides is 1. The summed E-state index contributed by atoms with van der Waals surface area (Å²) in [7, 11) is 0. The lowest BCUT2D eigenvalue weighted by atomic mass is 10.1. The van der Waals surface area contributed by atoms with Crippen LogP contribution in [-0.4, -0.2) is 23.9 Å². The van der Waals surface area contributed by atoms with Gasteiger partial charge in [-0.15, -0.1) is 0 Å². The van der Waals surface area contributed by atoms with Crippen LogP contribution in [0, 0.1) is 0 Å². The highest BCUT2D eigenvalue weighted by Crippen LogP contribution is 2.14. The third-order valence-electron chi connectivity index (χ3n) is 3.70. The molecule has 0 aromatic heterocycles. The molecule has 2 aromatic rings. The third-order valence-corrected chi connectivity index (χ3v) is 3.96. The van der Waals surface area contributed by atoms with Gasteiger partial charge in [0.25, 0.3) is 5.91 Å². The van der Waals surface area contributed by atoms with Gasteiger partial charge in [-0.05, 0) is 55.3 Å². The number of nitrogens with zero attached hydrogens (tertiary/aromatic N) is 1. The predicted molar refractivity (Wildman–Crippen MR) is 97.1 cm³/mol. The zero-order valence-electron chi connectivity index (χ0n) is 13.7. The molecule has 4 heteroatoms. The number of anilines is 1. The number of carbonyl (C=O) groups is 1. The summed E-state index contributed by atoms with van der Waals surface area (Å²) in [4.78, 5) is 14.3. The highest BCUT2D eigenvalue weighted by molar-refractivity contribution is 6.30. The van der Waals surface area contributed by atoms with E-state index in [1.807, 2.05) is 60.4 Å². The molecule has 0 fully saturated rings. The molecule has 2 rings (SSSR count). The summed E-state index contributed by atoms with van der Waals surface area (Å²) in [5.74, 6) is 0.0959. The minimum absolute atomic E-state index is 0.0959. The van der Waals surface area contributed by atoms with Crippen LogP contribution in [0.3, 0.4) is 0 Å². The van der Waals surface area contributed by atoms with Gasteiger partial charge in [-0.25, -0.2) is 0 Å². The predicted octanol–water partition coefficient (Wildman–Crippen LogP) is 4.82. The van der Waals surface area contributed by atoms with Gasteiger partial charge in [-0.2, -0.15) is 0 Å². The van der Waals surface area contributed by atoms with Gasteiger partial charge in [0.2, 0.25) is 0 Å². The maximum Gasteiger partial charge on any atom is 0.253 e. The Morgan fingerprint density at radius 3 is 2.26 bits per heavy atom. The molecule has 0 unspecified atom stereocenters. The van der Waals surface area contributed by atoms with Gasteiger partial charge in [0.1, 0.15) is 0 Å². The Hall–Kier alpha value is -2.00. The number of halogens is 1. The summed E-state index contributed by atoms with van der Waals surface area (Å²) in [5, 5.41) is 4.09. The normalized spacial score (nSPS) is 10.4. The smallest absolute Gasteiger partial charge is 0.253 e. The topological polar surface area (TPSA) is 32.3 Å². The number of hydrogen-bond donors (Lipinski definition) is 1. The largest absolute Gasteiger partial charge is 0.381 e. The number of carbonyl (C=O) groups excluding carboxylic acids is 1. The van der Waals surface area contributed by atoms with Crippen molar-refractivity contribution >= 4 is 23.2 Å². The summed E-state index contributed by atoms with van der Waals surface area (Å²) in [6, 6.07) is 15.4. The van der Waals surface area contributed by atoms with E-state index in [2.05, 4.69) is 12.2 Å². The summed E-state index contributed by atoms with van der Waals surface area (Å²) < 4.78 is 0. The molecule has 0 aliphatic carbocycles. The summed E-state index contributed by atoms with van der Waals surface area (Å²) in [6.07, 6.45) is 0.973. The summed E-state index contributed by atoms with van der Waals surface area (Å²) in [5.41, 5.74) is 2.89. The summed E-state index contributed by atoms with van der Waals surface area (Å²) in [6.45, 7) is 6.35. The Morgan fingerprint density at radius 1 is 1.04 bits per heavy atom. The lowest BCUT2D eigenvalue weighted by Crippen LogP contribution is -2.31. The summed E-state index contributed by atoms with van der Waals surface area (Å²) >= 11 is 5.88. The first-order valence-corrected chi connectivity index (χ1v) is 8.39. The van der Waals surface area contributed by atoms with Crippen LogP contribution in [0.15, 0.2) is 48.5 Å². The van der Waals surface area contributed by atoms with Crippen molar-refractivity contribution < 1.29 is 4.79 Å². The zero-order valence-corrected chi connectivity index (χ0v) is 14.4. The standard InChI is InChI=1S/C19H23ClN2O/c1-3-13-22(4-2)19(23)16-7-11-18(12-8-16)21-14-15-5-9-17(20)10-6-15/h5-12,21H,3-4,13-14H2,1-2H3. The van der Waals surface area contributed by atoms with Crippen LogP contribution in [0.2, 0.25) is 5.02 Å². The maximum absolute atomic E-state index is 12.4. The number of hydrogen-bond acceptors (Lipinski definition) is 2. The Kier molecular flexibility index (Phi) is 6.48. The van der Waals surface area contributed by atoms with Crippen LogP contribution in [0.4, 0.5) is 5.69 Å². The van der Waals surface area contributed by atoms with Crippen LogP contribution in [-0.2, 0) is 6.54 Å². The average Bonchev–Trinajstić information content (AvgIpc) is 2.59. The molecule has 1 N–H and O–H groups in total. The van der Waals surface area contributed by atoms with Gasteiger partial charge in [-0.1, -0.05) is 30.7 Å². The van der Waals surface area contributed by atoms with E-state index >= 15 is 0 Å². The molecule has 0 radical (unpaired) electrons. The van der Waals surface area contributed by atoms with Crippen molar-refractivity contribution in [2.45, 2.75) is 26.8 Å². The molecule has 0 spiro atoms. The van der Waals surface area contributed by atoms with Crippen molar-refractivity contribution in [1.29, 1.82) is 0 Å². The molecule has 3 nitrogen and oxygen atoms in total. The van der Waals surface area contributed by atoms with E-state index in [0.717, 1.165) is 47.9 Å². The van der Waals surface area contributed by atoms with E-state index in [-0.39, 0.29) is 5.91 Å². The van der Waals surface area contributed by atoms with Crippen LogP contribution in [0.25, 0.3) is 0 Å². The molecule has 0 saturated heterocycles. The van der Waals surface area contributed by atoms with Crippen molar-refractivity contribution in [1.82, 2.24) is 4.90 Å². The highest BCUT2D eigenvalue weighted by Gasteiger charge is 2.12. The molecule has 0 aliphatic heterocycles. The monoisotopic (exact) mass is 330 g/mol. The van der Waals surface area contributed by atoms with E-state index in [1.54, 1.807) is 0 Å². The molecule has 2 aromatic carbocycles. The molecule has 0 heterocycles. The van der Waals surface area contributed by atoms with Crippen molar-refractivity contribution in [3.8, 4) is 0 Å². The second-order valence-electron chi connectivity index (χ2n) is 5.44. The van der Waals surface area contributed by atoms with Crippen LogP contribution in [0.1, 0.15) is 36.2 Å². The minimum Gasteiger partial charge on any atom is -0.381 e. The molecule has 0 bridgehead atoms. The van der Waals surface area contributed by atoms with E-state index in [1.165, 1.54) is 0 Å². The molecule has 122 valence electrons. The third kappa shape index (κ3) is 5.00. The fraction of sp³-hybridized carbons (Fsp3) is 0.316. The van der Waals surface area contributed by atoms with Gasteiger partial charge in [0.05, 0.1) is 0 Å². The van der Waals surface area contributed by atoms with Crippen molar-refractivity contribution in [2.24, 2.45) is 0 Å². The van der Waals surface area contributed by atoms with Gasteiger partial charge < -0.3 is 10.2 Å². The number of nitrogens with one attached hydrogen (secondary N) is 1. The van der Waals surface area contributed by atoms with Gasteiger partial charge in [0.15, 0.2) is 0 Å². The van der Waals surface area contributed by atoms with E-state index in [9.17, 15) is 4.79 Å². The van der Waals surface area contributed by atoms with E-state index in [4.69, 9.17) is 11.6 Å². The maximum atomic E-state index is 12.4. The first-order chi connectivity index (χ1) is 11.1. The lowest BCUT2D eigenvalue weighted by Gasteiger charge is -2.20. The zero-order chi connectivity index (χ0) is 16.7. The molecule has 0 saturated carbocycles. The van der Waals surface area contributed by atoms with E-state index < -0.39 is 0 Å². The van der Waals surface area contributed by atoms with Gasteiger partial charge in [-0.3, -0.25) is 4.79 Å². The number of benzene rings is 2. The van der Waals surface area contributed by atoms with Crippen molar-refractivity contribution in [3.05, 3.63) is 64.7 Å². The molecular formula is C19H23ClN2O. The Bertz CT molecular complexity index is 623. The van der Waals surface area contributed by atoms with E-state index in [0.29, 0.717) is 0 Å². The minimum atomic E-state index is 0.0959. The molecule has 0 atom stereocenters. The highest BCUT2D eigenvalue weighted by atomic mass is 35.5. The van der Waals surface area contributed by atoms with Crippen LogP contribution >= 0.6 is 11.6 Å². The fourth-order valence-electron chi connectivity index (χ4n) is 2.39. The second-order valence-corrected chi connectivity index (χ2v) is 5.88. The fourth-order valence-corrected chi connectivity index (χ4v) is 2.52. The molecule has 0 aliphatic rings. The first-order valence-electron chi connectivity index (χ1n) is 8.01. The second kappa shape index (κ2) is 8.59. The Labute approximate surface area is 143 Å². The molecular weight excluding hydrogens is 308 g/mol. The van der Waals surface area contributed by atoms with Gasteiger partial charge >= 0.3 is 0 Å². The molecule has 23 heavy (non-hydrogen) atoms. The Balaban J connectivity index is 1.96. The van der Waals surface area contributed by atoms with Crippen molar-refractivity contribution in [3.63, 3.8) is 0 Å². The van der Waals surface area contributed by atoms with Crippen LogP contribution in [0.5, 0.6) is 0 Å². The average molecular weight is 331 g/mol. The first kappa shape index (κ1) is 17.4. The lowest BCUT2D eigenvalue weighted by molar-refractivity contribution is 0.0764. The number of rotatable bonds is 7. The Morgan fingerprint density at radius 2 is 1.70 bits per heavy atom. The molecule has 1 amide bonds. The van der Waals surface area contributed by atoms with Gasteiger partial charge in [0, 0.05) is 35.9 Å².